The van der Waals surface area contributed by atoms with Gasteiger partial charge in [-0.2, -0.15) is 0 Å². The van der Waals surface area contributed by atoms with E-state index in [9.17, 15) is 4.79 Å². The first kappa shape index (κ1) is 18.6. The van der Waals surface area contributed by atoms with E-state index in [0.29, 0.717) is 6.54 Å². The van der Waals surface area contributed by atoms with Crippen molar-refractivity contribution in [1.82, 2.24) is 4.98 Å². The third-order valence-corrected chi connectivity index (χ3v) is 6.08. The maximum absolute atomic E-state index is 12.7. The van der Waals surface area contributed by atoms with Crippen LogP contribution in [0.4, 0.5) is 5.69 Å². The highest BCUT2D eigenvalue weighted by Crippen LogP contribution is 2.38. The topological polar surface area (TPSA) is 42.4 Å². The average molecular weight is 413 g/mol. The van der Waals surface area contributed by atoms with E-state index in [1.807, 2.05) is 36.4 Å². The number of anilines is 1. The van der Waals surface area contributed by atoms with Crippen LogP contribution in [-0.4, -0.2) is 17.5 Å². The summed E-state index contributed by atoms with van der Waals surface area (Å²) >= 11 is 1.62. The van der Waals surface area contributed by atoms with Gasteiger partial charge in [0, 0.05) is 16.5 Å². The average Bonchev–Trinajstić information content (AvgIpc) is 3.28. The number of aromatic nitrogens is 1. The number of rotatable bonds is 4. The molecule has 5 heteroatoms. The summed E-state index contributed by atoms with van der Waals surface area (Å²) in [5.74, 6) is 0.687. The van der Waals surface area contributed by atoms with E-state index >= 15 is 0 Å². The normalized spacial score (nSPS) is 13.1. The zero-order valence-electron chi connectivity index (χ0n) is 16.5. The van der Waals surface area contributed by atoms with E-state index in [1.54, 1.807) is 16.2 Å². The second kappa shape index (κ2) is 7.76. The van der Waals surface area contributed by atoms with Crippen LogP contribution in [-0.2, 0) is 11.3 Å². The predicted molar refractivity (Wildman–Crippen MR) is 121 cm³/mol. The van der Waals surface area contributed by atoms with Crippen LogP contribution in [0, 0.1) is 6.92 Å². The zero-order valence-corrected chi connectivity index (χ0v) is 17.4. The lowest BCUT2D eigenvalue weighted by Crippen LogP contribution is -2.38. The van der Waals surface area contributed by atoms with Crippen LogP contribution in [0.25, 0.3) is 21.8 Å². The lowest BCUT2D eigenvalue weighted by atomic mass is 10.1. The molecule has 0 saturated carbocycles. The Kier molecular flexibility index (Phi) is 4.81. The minimum atomic E-state index is -0.0384. The van der Waals surface area contributed by atoms with Crippen LogP contribution in [0.1, 0.15) is 11.1 Å². The van der Waals surface area contributed by atoms with E-state index in [2.05, 4.69) is 48.7 Å². The van der Waals surface area contributed by atoms with Crippen LogP contribution in [0.2, 0.25) is 0 Å². The molecule has 0 bridgehead atoms. The molecule has 1 aliphatic rings. The number of carbonyl (C=O) groups excluding carboxylic acids is 1. The number of aryl methyl sites for hydroxylation is 1. The molecule has 1 aliphatic heterocycles. The third kappa shape index (κ3) is 3.60. The summed E-state index contributed by atoms with van der Waals surface area (Å²) in [6.45, 7) is 2.64. The first-order valence-electron chi connectivity index (χ1n) is 9.81. The molecule has 0 spiro atoms. The molecular formula is C25H20N2O2S. The van der Waals surface area contributed by atoms with E-state index in [0.717, 1.165) is 38.8 Å². The first-order valence-corrected chi connectivity index (χ1v) is 10.7. The Morgan fingerprint density at radius 1 is 1.00 bits per heavy atom. The molecule has 0 saturated heterocycles. The van der Waals surface area contributed by atoms with Crippen molar-refractivity contribution in [3.8, 4) is 27.6 Å². The molecule has 0 fully saturated rings. The van der Waals surface area contributed by atoms with Crippen molar-refractivity contribution in [3.05, 3.63) is 89.3 Å². The fourth-order valence-electron chi connectivity index (χ4n) is 3.53. The Labute approximate surface area is 179 Å². The SMILES string of the molecule is Cc1ccc(CN2C(=O)COc3ccc(-c4csc(-c5ccccc5)n4)cc32)cc1. The van der Waals surface area contributed by atoms with E-state index in [4.69, 9.17) is 9.72 Å². The van der Waals surface area contributed by atoms with Gasteiger partial charge in [0.05, 0.1) is 17.9 Å². The number of hydrogen-bond acceptors (Lipinski definition) is 4. The predicted octanol–water partition coefficient (Wildman–Crippen LogP) is 5.71. The number of benzene rings is 3. The van der Waals surface area contributed by atoms with Crippen molar-refractivity contribution >= 4 is 22.9 Å². The van der Waals surface area contributed by atoms with Crippen molar-refractivity contribution in [2.45, 2.75) is 13.5 Å². The molecule has 30 heavy (non-hydrogen) atoms. The van der Waals surface area contributed by atoms with Gasteiger partial charge in [0.15, 0.2) is 6.61 Å². The lowest BCUT2D eigenvalue weighted by molar-refractivity contribution is -0.121. The van der Waals surface area contributed by atoms with Gasteiger partial charge in [-0.15, -0.1) is 11.3 Å². The second-order valence-electron chi connectivity index (χ2n) is 7.34. The molecule has 148 valence electrons. The maximum Gasteiger partial charge on any atom is 0.265 e. The minimum absolute atomic E-state index is 0.0384. The fraction of sp³-hybridized carbons (Fsp3) is 0.120. The largest absolute Gasteiger partial charge is 0.482 e. The van der Waals surface area contributed by atoms with E-state index in [1.165, 1.54) is 5.56 Å². The summed E-state index contributed by atoms with van der Waals surface area (Å²) < 4.78 is 5.68. The standard InChI is InChI=1S/C25H20N2O2S/c1-17-7-9-18(10-8-17)14-27-22-13-20(11-12-23(22)29-15-24(27)28)21-16-30-25(26-21)19-5-3-2-4-6-19/h2-13,16H,14-15H2,1H3. The van der Waals surface area contributed by atoms with E-state index in [-0.39, 0.29) is 12.5 Å². The van der Waals surface area contributed by atoms with Crippen molar-refractivity contribution in [2.75, 3.05) is 11.5 Å². The molecule has 4 aromatic rings. The van der Waals surface area contributed by atoms with Gasteiger partial charge in [0.2, 0.25) is 0 Å². The molecule has 5 rings (SSSR count). The smallest absolute Gasteiger partial charge is 0.265 e. The van der Waals surface area contributed by atoms with Crippen LogP contribution >= 0.6 is 11.3 Å². The van der Waals surface area contributed by atoms with Gasteiger partial charge in [0.1, 0.15) is 10.8 Å². The molecule has 0 aliphatic carbocycles. The molecule has 1 amide bonds. The Hall–Kier alpha value is -3.44. The minimum Gasteiger partial charge on any atom is -0.482 e. The summed E-state index contributed by atoms with van der Waals surface area (Å²) in [7, 11) is 0. The Morgan fingerprint density at radius 3 is 2.60 bits per heavy atom. The Balaban J connectivity index is 1.49. The summed E-state index contributed by atoms with van der Waals surface area (Å²) in [5, 5.41) is 3.03. The first-order chi connectivity index (χ1) is 14.7. The summed E-state index contributed by atoms with van der Waals surface area (Å²) in [5.41, 5.74) is 6.05. The van der Waals surface area contributed by atoms with Gasteiger partial charge >= 0.3 is 0 Å². The number of amides is 1. The van der Waals surface area contributed by atoms with Gasteiger partial charge in [-0.25, -0.2) is 4.98 Å². The van der Waals surface area contributed by atoms with Crippen LogP contribution in [0.15, 0.2) is 78.2 Å². The van der Waals surface area contributed by atoms with Crippen LogP contribution < -0.4 is 9.64 Å². The van der Waals surface area contributed by atoms with Gasteiger partial charge in [-0.1, -0.05) is 60.2 Å². The fourth-order valence-corrected chi connectivity index (χ4v) is 4.37. The number of nitrogens with zero attached hydrogens (tertiary/aromatic N) is 2. The maximum atomic E-state index is 12.7. The molecule has 3 aromatic carbocycles. The highest BCUT2D eigenvalue weighted by molar-refractivity contribution is 7.13. The van der Waals surface area contributed by atoms with Gasteiger partial charge in [-0.05, 0) is 30.7 Å². The molecule has 0 unspecified atom stereocenters. The number of fused-ring (bicyclic) bond motifs is 1. The molecule has 2 heterocycles. The quantitative estimate of drug-likeness (QED) is 0.431. The molecule has 0 radical (unpaired) electrons. The van der Waals surface area contributed by atoms with Crippen LogP contribution in [0.3, 0.4) is 0 Å². The Bertz CT molecular complexity index is 1200. The van der Waals surface area contributed by atoms with Crippen molar-refractivity contribution < 1.29 is 9.53 Å². The zero-order chi connectivity index (χ0) is 20.5. The van der Waals surface area contributed by atoms with E-state index < -0.39 is 0 Å². The summed E-state index contributed by atoms with van der Waals surface area (Å²) in [6.07, 6.45) is 0. The third-order valence-electron chi connectivity index (χ3n) is 5.18. The number of carbonyl (C=O) groups is 1. The van der Waals surface area contributed by atoms with Gasteiger partial charge < -0.3 is 9.64 Å². The highest BCUT2D eigenvalue weighted by Gasteiger charge is 2.26. The van der Waals surface area contributed by atoms with Gasteiger partial charge in [-0.3, -0.25) is 4.79 Å². The van der Waals surface area contributed by atoms with Gasteiger partial charge in [0.25, 0.3) is 5.91 Å². The number of hydrogen-bond donors (Lipinski definition) is 0. The molecule has 1 aromatic heterocycles. The summed E-state index contributed by atoms with van der Waals surface area (Å²) in [6, 6.07) is 24.4. The summed E-state index contributed by atoms with van der Waals surface area (Å²) in [4.78, 5) is 19.3. The number of thiazole rings is 1. The van der Waals surface area contributed by atoms with Crippen molar-refractivity contribution in [3.63, 3.8) is 0 Å². The monoisotopic (exact) mass is 412 g/mol. The van der Waals surface area contributed by atoms with Crippen molar-refractivity contribution in [2.24, 2.45) is 0 Å². The Morgan fingerprint density at radius 2 is 1.80 bits per heavy atom. The molecule has 0 N–H and O–H groups in total. The lowest BCUT2D eigenvalue weighted by Gasteiger charge is -2.30. The second-order valence-corrected chi connectivity index (χ2v) is 8.20. The van der Waals surface area contributed by atoms with Crippen LogP contribution in [0.5, 0.6) is 5.75 Å². The molecule has 0 atom stereocenters. The highest BCUT2D eigenvalue weighted by atomic mass is 32.1. The van der Waals surface area contributed by atoms with Crippen molar-refractivity contribution in [1.29, 1.82) is 0 Å². The number of ether oxygens (including phenoxy) is 1. The molecule has 4 nitrogen and oxygen atoms in total. The molecular weight excluding hydrogens is 392 g/mol.